The van der Waals surface area contributed by atoms with Crippen LogP contribution in [-0.2, 0) is 9.47 Å². The maximum absolute atomic E-state index is 9.80. The van der Waals surface area contributed by atoms with Crippen LogP contribution in [-0.4, -0.2) is 53.9 Å². The topological polar surface area (TPSA) is 67.4 Å². The zero-order valence-electron chi connectivity index (χ0n) is 11.8. The quantitative estimate of drug-likeness (QED) is 0.576. The molecule has 5 nitrogen and oxygen atoms in total. The predicted molar refractivity (Wildman–Crippen MR) is 80.3 cm³/mol. The Hall–Kier alpha value is -1.08. The Morgan fingerprint density at radius 2 is 2.25 bits per heavy atom. The first-order chi connectivity index (χ1) is 9.69. The van der Waals surface area contributed by atoms with Crippen LogP contribution in [0.2, 0.25) is 0 Å². The molecule has 2 aromatic rings. The number of hydrogen-bond donors (Lipinski definition) is 2. The van der Waals surface area contributed by atoms with Crippen LogP contribution in [0.15, 0.2) is 23.4 Å². The molecule has 0 saturated carbocycles. The Labute approximate surface area is 122 Å². The second-order valence-electron chi connectivity index (χ2n) is 4.60. The number of nitrogens with one attached hydrogen (secondary N) is 1. The largest absolute Gasteiger partial charge is 0.390 e. The summed E-state index contributed by atoms with van der Waals surface area (Å²) in [7, 11) is 1.62. The molecule has 1 heterocycles. The van der Waals surface area contributed by atoms with Crippen molar-refractivity contribution < 1.29 is 14.6 Å². The average Bonchev–Trinajstić information content (AvgIpc) is 2.83. The predicted octanol–water partition coefficient (Wildman–Crippen LogP) is 1.99. The van der Waals surface area contributed by atoms with Crippen molar-refractivity contribution in [2.45, 2.75) is 18.2 Å². The number of aryl methyl sites for hydroxylation is 1. The van der Waals surface area contributed by atoms with Gasteiger partial charge < -0.3 is 19.6 Å². The number of aromatic nitrogens is 2. The van der Waals surface area contributed by atoms with Crippen LogP contribution in [0, 0.1) is 6.92 Å². The zero-order valence-corrected chi connectivity index (χ0v) is 12.6. The van der Waals surface area contributed by atoms with Gasteiger partial charge in [0.15, 0.2) is 5.16 Å². The van der Waals surface area contributed by atoms with Crippen molar-refractivity contribution in [1.82, 2.24) is 9.97 Å². The standard InChI is InChI=1S/C14H20N2O3S/c1-10-3-4-12-13(7-10)16-14(15-12)20-9-11(17)8-19-6-5-18-2/h3-4,7,11,17H,5-6,8-9H2,1-2H3,(H,15,16). The van der Waals surface area contributed by atoms with Gasteiger partial charge in [-0.15, -0.1) is 0 Å². The molecule has 0 amide bonds. The highest BCUT2D eigenvalue weighted by atomic mass is 32.2. The van der Waals surface area contributed by atoms with Crippen LogP contribution in [0.4, 0.5) is 0 Å². The van der Waals surface area contributed by atoms with Gasteiger partial charge in [0.1, 0.15) is 0 Å². The summed E-state index contributed by atoms with van der Waals surface area (Å²) in [4.78, 5) is 7.72. The zero-order chi connectivity index (χ0) is 14.4. The first-order valence-corrected chi connectivity index (χ1v) is 7.51. The van der Waals surface area contributed by atoms with Crippen LogP contribution < -0.4 is 0 Å². The van der Waals surface area contributed by atoms with Gasteiger partial charge in [0.2, 0.25) is 0 Å². The van der Waals surface area contributed by atoms with Gasteiger partial charge in [-0.2, -0.15) is 0 Å². The van der Waals surface area contributed by atoms with Crippen molar-refractivity contribution in [1.29, 1.82) is 0 Å². The van der Waals surface area contributed by atoms with Gasteiger partial charge in [0, 0.05) is 12.9 Å². The van der Waals surface area contributed by atoms with E-state index in [2.05, 4.69) is 16.0 Å². The van der Waals surface area contributed by atoms with Gasteiger partial charge in [-0.1, -0.05) is 17.8 Å². The number of aliphatic hydroxyl groups is 1. The maximum Gasteiger partial charge on any atom is 0.166 e. The van der Waals surface area contributed by atoms with Gasteiger partial charge in [0.25, 0.3) is 0 Å². The fraction of sp³-hybridized carbons (Fsp3) is 0.500. The van der Waals surface area contributed by atoms with E-state index in [-0.39, 0.29) is 0 Å². The van der Waals surface area contributed by atoms with Crippen molar-refractivity contribution in [2.24, 2.45) is 0 Å². The van der Waals surface area contributed by atoms with E-state index in [9.17, 15) is 5.11 Å². The van der Waals surface area contributed by atoms with E-state index in [4.69, 9.17) is 9.47 Å². The summed E-state index contributed by atoms with van der Waals surface area (Å²) >= 11 is 1.50. The van der Waals surface area contributed by atoms with Crippen molar-refractivity contribution in [3.05, 3.63) is 23.8 Å². The lowest BCUT2D eigenvalue weighted by Gasteiger charge is -2.09. The average molecular weight is 296 g/mol. The van der Waals surface area contributed by atoms with Crippen molar-refractivity contribution in [2.75, 3.05) is 32.7 Å². The monoisotopic (exact) mass is 296 g/mol. The van der Waals surface area contributed by atoms with Gasteiger partial charge in [0.05, 0.1) is 37.0 Å². The van der Waals surface area contributed by atoms with E-state index in [1.165, 1.54) is 17.3 Å². The molecule has 2 rings (SSSR count). The van der Waals surface area contributed by atoms with E-state index in [0.29, 0.717) is 25.6 Å². The second-order valence-corrected chi connectivity index (χ2v) is 5.60. The number of aromatic amines is 1. The van der Waals surface area contributed by atoms with Gasteiger partial charge in [-0.3, -0.25) is 0 Å². The molecular formula is C14H20N2O3S. The summed E-state index contributed by atoms with van der Waals surface area (Å²) < 4.78 is 10.1. The fourth-order valence-corrected chi connectivity index (χ4v) is 2.54. The molecule has 0 bridgehead atoms. The lowest BCUT2D eigenvalue weighted by molar-refractivity contribution is 0.0218. The number of hydrogen-bond acceptors (Lipinski definition) is 5. The van der Waals surface area contributed by atoms with Crippen LogP contribution in [0.25, 0.3) is 11.0 Å². The number of ether oxygens (including phenoxy) is 2. The minimum absolute atomic E-state index is 0.315. The van der Waals surface area contributed by atoms with Crippen LogP contribution >= 0.6 is 11.8 Å². The van der Waals surface area contributed by atoms with E-state index in [1.807, 2.05) is 19.1 Å². The SMILES string of the molecule is COCCOCC(O)CSc1nc2ccc(C)cc2[nH]1. The number of rotatable bonds is 8. The first kappa shape index (κ1) is 15.3. The molecule has 0 radical (unpaired) electrons. The molecule has 2 N–H and O–H groups in total. The fourth-order valence-electron chi connectivity index (χ4n) is 1.75. The summed E-state index contributed by atoms with van der Waals surface area (Å²) in [6.45, 7) is 3.41. The first-order valence-electron chi connectivity index (χ1n) is 6.53. The normalized spacial score (nSPS) is 12.9. The van der Waals surface area contributed by atoms with Crippen LogP contribution in [0.3, 0.4) is 0 Å². The summed E-state index contributed by atoms with van der Waals surface area (Å²) in [5.41, 5.74) is 3.17. The molecule has 110 valence electrons. The molecule has 1 unspecified atom stereocenters. The molecule has 0 saturated heterocycles. The number of benzene rings is 1. The van der Waals surface area contributed by atoms with Crippen LogP contribution in [0.1, 0.15) is 5.56 Å². The molecule has 0 spiro atoms. The highest BCUT2D eigenvalue weighted by Gasteiger charge is 2.08. The lowest BCUT2D eigenvalue weighted by Crippen LogP contribution is -2.19. The van der Waals surface area contributed by atoms with E-state index in [0.717, 1.165) is 16.2 Å². The number of aliphatic hydroxyl groups excluding tert-OH is 1. The summed E-state index contributed by atoms with van der Waals surface area (Å²) in [5.74, 6) is 0.547. The van der Waals surface area contributed by atoms with E-state index < -0.39 is 6.10 Å². The van der Waals surface area contributed by atoms with Crippen LogP contribution in [0.5, 0.6) is 0 Å². The minimum Gasteiger partial charge on any atom is -0.390 e. The molecule has 0 fully saturated rings. The van der Waals surface area contributed by atoms with E-state index in [1.54, 1.807) is 7.11 Å². The smallest absolute Gasteiger partial charge is 0.166 e. The number of H-pyrrole nitrogens is 1. The Morgan fingerprint density at radius 3 is 3.05 bits per heavy atom. The summed E-state index contributed by atoms with van der Waals surface area (Å²) in [6, 6.07) is 6.10. The minimum atomic E-state index is -0.508. The second kappa shape index (κ2) is 7.64. The Balaban J connectivity index is 1.80. The Morgan fingerprint density at radius 1 is 1.40 bits per heavy atom. The van der Waals surface area contributed by atoms with Gasteiger partial charge in [-0.05, 0) is 24.6 Å². The number of thioether (sulfide) groups is 1. The molecule has 0 aliphatic rings. The van der Waals surface area contributed by atoms with Gasteiger partial charge >= 0.3 is 0 Å². The Kier molecular flexibility index (Phi) is 5.85. The molecular weight excluding hydrogens is 276 g/mol. The van der Waals surface area contributed by atoms with E-state index >= 15 is 0 Å². The molecule has 1 aromatic heterocycles. The van der Waals surface area contributed by atoms with Gasteiger partial charge in [-0.25, -0.2) is 4.98 Å². The third-order valence-electron chi connectivity index (χ3n) is 2.77. The molecule has 6 heteroatoms. The highest BCUT2D eigenvalue weighted by molar-refractivity contribution is 7.99. The number of nitrogens with zero attached hydrogens (tertiary/aromatic N) is 1. The van der Waals surface area contributed by atoms with Crippen molar-refractivity contribution in [3.8, 4) is 0 Å². The molecule has 0 aliphatic carbocycles. The Bertz CT molecular complexity index is 544. The molecule has 20 heavy (non-hydrogen) atoms. The third-order valence-corrected chi connectivity index (χ3v) is 3.79. The molecule has 1 atom stereocenters. The van der Waals surface area contributed by atoms with Crippen molar-refractivity contribution >= 4 is 22.8 Å². The van der Waals surface area contributed by atoms with Crippen molar-refractivity contribution in [3.63, 3.8) is 0 Å². The molecule has 1 aromatic carbocycles. The number of methoxy groups -OCH3 is 1. The summed E-state index contributed by atoms with van der Waals surface area (Å²) in [6.07, 6.45) is -0.508. The third kappa shape index (κ3) is 4.49. The number of imidazole rings is 1. The highest BCUT2D eigenvalue weighted by Crippen LogP contribution is 2.20. The lowest BCUT2D eigenvalue weighted by atomic mass is 10.2. The molecule has 0 aliphatic heterocycles. The number of fused-ring (bicyclic) bond motifs is 1. The summed E-state index contributed by atoms with van der Waals surface area (Å²) in [5, 5.41) is 10.6. The maximum atomic E-state index is 9.80.